The largest absolute Gasteiger partial charge is 0.306 e. The fraction of sp³-hybridized carbons (Fsp3) is 0.429. The normalized spacial score (nSPS) is 17.0. The molecule has 1 saturated carbocycles. The summed E-state index contributed by atoms with van der Waals surface area (Å²) in [5.41, 5.74) is 0. The number of rotatable bonds is 6. The standard InChI is InChI=1S/C21H28NP/c1-22(2)21(18-11-9-10-12-18)17-23(19-13-5-3-6-14-19)20-15-7-4-8-16-20/h3-8,13-16,18,21H,9-12,17H2,1-2H3. The molecule has 23 heavy (non-hydrogen) atoms. The topological polar surface area (TPSA) is 3.24 Å². The van der Waals surface area contributed by atoms with E-state index in [9.17, 15) is 0 Å². The predicted octanol–water partition coefficient (Wildman–Crippen LogP) is 4.24. The van der Waals surface area contributed by atoms with Gasteiger partial charge < -0.3 is 4.90 Å². The van der Waals surface area contributed by atoms with Gasteiger partial charge in [0.15, 0.2) is 0 Å². The first-order chi connectivity index (χ1) is 11.3. The van der Waals surface area contributed by atoms with Crippen LogP contribution in [-0.4, -0.2) is 31.2 Å². The summed E-state index contributed by atoms with van der Waals surface area (Å²) in [4.78, 5) is 2.48. The summed E-state index contributed by atoms with van der Waals surface area (Å²) >= 11 is 0. The molecule has 0 saturated heterocycles. The molecule has 0 bridgehead atoms. The van der Waals surface area contributed by atoms with Gasteiger partial charge in [-0.05, 0) is 57.5 Å². The van der Waals surface area contributed by atoms with E-state index in [-0.39, 0.29) is 7.92 Å². The molecular weight excluding hydrogens is 297 g/mol. The second-order valence-corrected chi connectivity index (χ2v) is 9.11. The molecular formula is C21H28NP. The van der Waals surface area contributed by atoms with Crippen molar-refractivity contribution < 1.29 is 0 Å². The molecule has 122 valence electrons. The average molecular weight is 325 g/mol. The highest BCUT2D eigenvalue weighted by Gasteiger charge is 2.29. The van der Waals surface area contributed by atoms with Crippen LogP contribution in [0.2, 0.25) is 0 Å². The van der Waals surface area contributed by atoms with E-state index in [2.05, 4.69) is 79.7 Å². The van der Waals surface area contributed by atoms with Gasteiger partial charge in [0.2, 0.25) is 0 Å². The highest BCUT2D eigenvalue weighted by atomic mass is 31.1. The molecule has 3 rings (SSSR count). The minimum atomic E-state index is -0.280. The van der Waals surface area contributed by atoms with Gasteiger partial charge in [-0.3, -0.25) is 0 Å². The van der Waals surface area contributed by atoms with Crippen LogP contribution in [0.15, 0.2) is 60.7 Å². The number of hydrogen-bond donors (Lipinski definition) is 0. The maximum atomic E-state index is 2.48. The predicted molar refractivity (Wildman–Crippen MR) is 103 cm³/mol. The maximum Gasteiger partial charge on any atom is 0.0163 e. The molecule has 0 amide bonds. The van der Waals surface area contributed by atoms with Crippen LogP contribution in [0.3, 0.4) is 0 Å². The Balaban J connectivity index is 1.88. The van der Waals surface area contributed by atoms with Crippen molar-refractivity contribution in [3.8, 4) is 0 Å². The number of hydrogen-bond acceptors (Lipinski definition) is 1. The second-order valence-electron chi connectivity index (χ2n) is 6.86. The van der Waals surface area contributed by atoms with Gasteiger partial charge in [0.1, 0.15) is 0 Å². The molecule has 1 atom stereocenters. The Morgan fingerprint density at radius 3 is 1.78 bits per heavy atom. The third-order valence-electron chi connectivity index (χ3n) is 5.11. The first-order valence-electron chi connectivity index (χ1n) is 8.80. The van der Waals surface area contributed by atoms with E-state index in [1.165, 1.54) is 42.5 Å². The fourth-order valence-corrected chi connectivity index (χ4v) is 6.62. The summed E-state index contributed by atoms with van der Waals surface area (Å²) in [6.45, 7) is 0. The van der Waals surface area contributed by atoms with Crippen LogP contribution in [0.25, 0.3) is 0 Å². The van der Waals surface area contributed by atoms with Gasteiger partial charge in [0.25, 0.3) is 0 Å². The number of nitrogens with zero attached hydrogens (tertiary/aromatic N) is 1. The van der Waals surface area contributed by atoms with Crippen LogP contribution < -0.4 is 10.6 Å². The Morgan fingerprint density at radius 2 is 1.35 bits per heavy atom. The monoisotopic (exact) mass is 325 g/mol. The van der Waals surface area contributed by atoms with E-state index in [4.69, 9.17) is 0 Å². The molecule has 2 aromatic rings. The third-order valence-corrected chi connectivity index (χ3v) is 7.69. The molecule has 1 aliphatic rings. The Bertz CT molecular complexity index is 536. The summed E-state index contributed by atoms with van der Waals surface area (Å²) in [6, 6.07) is 23.0. The van der Waals surface area contributed by atoms with Crippen LogP contribution in [0.5, 0.6) is 0 Å². The lowest BCUT2D eigenvalue weighted by molar-refractivity contribution is 0.233. The molecule has 2 aromatic carbocycles. The highest BCUT2D eigenvalue weighted by molar-refractivity contribution is 7.73. The molecule has 0 spiro atoms. The Hall–Kier alpha value is -1.17. The van der Waals surface area contributed by atoms with Crippen molar-refractivity contribution in [1.82, 2.24) is 4.90 Å². The zero-order chi connectivity index (χ0) is 16.1. The minimum Gasteiger partial charge on any atom is -0.306 e. The van der Waals surface area contributed by atoms with Gasteiger partial charge in [-0.25, -0.2) is 0 Å². The van der Waals surface area contributed by atoms with Crippen molar-refractivity contribution in [1.29, 1.82) is 0 Å². The van der Waals surface area contributed by atoms with Crippen molar-refractivity contribution in [3.63, 3.8) is 0 Å². The molecule has 0 heterocycles. The smallest absolute Gasteiger partial charge is 0.0163 e. The summed E-state index contributed by atoms with van der Waals surface area (Å²) in [5, 5.41) is 3.03. The van der Waals surface area contributed by atoms with Crippen molar-refractivity contribution in [2.45, 2.75) is 31.7 Å². The molecule has 1 fully saturated rings. The molecule has 0 N–H and O–H groups in total. The van der Waals surface area contributed by atoms with Crippen molar-refractivity contribution in [2.75, 3.05) is 20.3 Å². The van der Waals surface area contributed by atoms with Crippen molar-refractivity contribution in [2.24, 2.45) is 5.92 Å². The summed E-state index contributed by atoms with van der Waals surface area (Å²) in [7, 11) is 4.26. The van der Waals surface area contributed by atoms with Crippen LogP contribution in [0.4, 0.5) is 0 Å². The zero-order valence-electron chi connectivity index (χ0n) is 14.4. The quantitative estimate of drug-likeness (QED) is 0.718. The third kappa shape index (κ3) is 4.22. The van der Waals surface area contributed by atoms with Crippen LogP contribution >= 0.6 is 7.92 Å². The highest BCUT2D eigenvalue weighted by Crippen LogP contribution is 2.39. The molecule has 0 aliphatic heterocycles. The molecule has 1 nitrogen and oxygen atoms in total. The lowest BCUT2D eigenvalue weighted by atomic mass is 9.99. The van der Waals surface area contributed by atoms with Gasteiger partial charge in [0, 0.05) is 6.04 Å². The Labute approximate surface area is 142 Å². The molecule has 0 radical (unpaired) electrons. The van der Waals surface area contributed by atoms with Gasteiger partial charge in [0.05, 0.1) is 0 Å². The van der Waals surface area contributed by atoms with Crippen LogP contribution in [0, 0.1) is 5.92 Å². The second kappa shape index (κ2) is 8.08. The molecule has 1 unspecified atom stereocenters. The summed E-state index contributed by atoms with van der Waals surface area (Å²) in [5.74, 6) is 0.877. The van der Waals surface area contributed by atoms with Gasteiger partial charge in [-0.15, -0.1) is 0 Å². The lowest BCUT2D eigenvalue weighted by Gasteiger charge is -2.33. The first kappa shape index (κ1) is 16.7. The molecule has 0 aromatic heterocycles. The summed E-state index contributed by atoms with van der Waals surface area (Å²) < 4.78 is 0. The number of benzene rings is 2. The zero-order valence-corrected chi connectivity index (χ0v) is 15.3. The van der Waals surface area contributed by atoms with E-state index >= 15 is 0 Å². The van der Waals surface area contributed by atoms with E-state index in [0.29, 0.717) is 6.04 Å². The maximum absolute atomic E-state index is 2.48. The van der Waals surface area contributed by atoms with Gasteiger partial charge >= 0.3 is 0 Å². The van der Waals surface area contributed by atoms with Crippen LogP contribution in [0.1, 0.15) is 25.7 Å². The van der Waals surface area contributed by atoms with E-state index in [1.54, 1.807) is 0 Å². The Morgan fingerprint density at radius 1 is 0.870 bits per heavy atom. The van der Waals surface area contributed by atoms with Gasteiger partial charge in [-0.1, -0.05) is 73.5 Å². The van der Waals surface area contributed by atoms with E-state index in [0.717, 1.165) is 5.92 Å². The SMILES string of the molecule is CN(C)C(CP(c1ccccc1)c1ccccc1)C1CCCC1. The van der Waals surface area contributed by atoms with E-state index < -0.39 is 0 Å². The van der Waals surface area contributed by atoms with Gasteiger partial charge in [-0.2, -0.15) is 0 Å². The molecule has 1 aliphatic carbocycles. The summed E-state index contributed by atoms with van der Waals surface area (Å²) in [6.07, 6.45) is 6.94. The lowest BCUT2D eigenvalue weighted by Crippen LogP contribution is -2.38. The fourth-order valence-electron chi connectivity index (χ4n) is 3.84. The average Bonchev–Trinajstić information content (AvgIpc) is 3.11. The minimum absolute atomic E-state index is 0.280. The van der Waals surface area contributed by atoms with Crippen LogP contribution in [-0.2, 0) is 0 Å². The Kier molecular flexibility index (Phi) is 5.86. The first-order valence-corrected chi connectivity index (χ1v) is 10.3. The van der Waals surface area contributed by atoms with Crippen molar-refractivity contribution in [3.05, 3.63) is 60.7 Å². The van der Waals surface area contributed by atoms with E-state index in [1.807, 2.05) is 0 Å². The molecule has 2 heteroatoms. The van der Waals surface area contributed by atoms with Crippen molar-refractivity contribution >= 4 is 18.5 Å².